The molecule has 0 unspecified atom stereocenters. The molecule has 0 N–H and O–H groups in total. The van der Waals surface area contributed by atoms with Gasteiger partial charge in [-0.2, -0.15) is 26.3 Å². The number of hydrogen-bond donors (Lipinski definition) is 0. The smallest absolute Gasteiger partial charge is 0.258 e. The maximum absolute atomic E-state index is 14.9. The SMILES string of the molecule is CCCc1[c]c(Br)c(-c2ccc([N+](=O)[O-])cc2)c(C(F)(C(F)(F)F)C(F)(F)F)c1. The molecule has 11 heteroatoms. The first-order valence-corrected chi connectivity index (χ1v) is 8.85. The lowest BCUT2D eigenvalue weighted by Crippen LogP contribution is -2.50. The molecule has 0 aliphatic carbocycles. The number of nitrogens with zero attached hydrogens (tertiary/aromatic N) is 1. The Morgan fingerprint density at radius 2 is 1.55 bits per heavy atom. The number of halogens is 8. The van der Waals surface area contributed by atoms with Crippen LogP contribution < -0.4 is 0 Å². The molecule has 2 rings (SSSR count). The summed E-state index contributed by atoms with van der Waals surface area (Å²) in [6.45, 7) is 1.64. The molecule has 0 bridgehead atoms. The van der Waals surface area contributed by atoms with E-state index in [4.69, 9.17) is 0 Å². The average Bonchev–Trinajstić information content (AvgIpc) is 2.59. The summed E-state index contributed by atoms with van der Waals surface area (Å²) in [6, 6.07) is 6.79. The lowest BCUT2D eigenvalue weighted by Gasteiger charge is -2.32. The van der Waals surface area contributed by atoms with Gasteiger partial charge in [0.1, 0.15) is 0 Å². The number of nitro benzene ring substituents is 1. The van der Waals surface area contributed by atoms with Gasteiger partial charge in [-0.25, -0.2) is 4.39 Å². The van der Waals surface area contributed by atoms with Gasteiger partial charge >= 0.3 is 18.0 Å². The van der Waals surface area contributed by atoms with Crippen LogP contribution in [0.3, 0.4) is 0 Å². The molecule has 0 atom stereocenters. The van der Waals surface area contributed by atoms with Gasteiger partial charge in [-0.05, 0) is 45.6 Å². The molecule has 0 amide bonds. The standard InChI is InChI=1S/C18H12BrF7NO2/c1-2-3-10-8-13(16(20,17(21,22)23)18(24,25)26)15(14(19)9-10)11-4-6-12(7-5-11)27(28)29/h4-8H,2-3H2,1H3. The average molecular weight is 487 g/mol. The number of aryl methyl sites for hydroxylation is 1. The monoisotopic (exact) mass is 486 g/mol. The summed E-state index contributed by atoms with van der Waals surface area (Å²) >= 11 is 2.89. The van der Waals surface area contributed by atoms with Crippen LogP contribution in [0.4, 0.5) is 36.4 Å². The normalized spacial score (nSPS) is 12.9. The van der Waals surface area contributed by atoms with E-state index in [1.165, 1.54) is 0 Å². The second-order valence-electron chi connectivity index (χ2n) is 6.11. The summed E-state index contributed by atoms with van der Waals surface area (Å²) in [5.74, 6) is 0. The van der Waals surface area contributed by atoms with Crippen LogP contribution in [0.2, 0.25) is 0 Å². The number of nitro groups is 1. The third-order valence-electron chi connectivity index (χ3n) is 4.12. The molecule has 0 saturated carbocycles. The second kappa shape index (κ2) is 7.92. The Morgan fingerprint density at radius 1 is 1.03 bits per heavy atom. The van der Waals surface area contributed by atoms with E-state index in [0.29, 0.717) is 12.5 Å². The Morgan fingerprint density at radius 3 is 1.97 bits per heavy atom. The first-order valence-electron chi connectivity index (χ1n) is 8.06. The van der Waals surface area contributed by atoms with Gasteiger partial charge in [-0.1, -0.05) is 19.4 Å². The second-order valence-corrected chi connectivity index (χ2v) is 6.90. The van der Waals surface area contributed by atoms with E-state index in [-0.39, 0.29) is 22.0 Å². The zero-order valence-electron chi connectivity index (χ0n) is 14.6. The topological polar surface area (TPSA) is 43.1 Å². The van der Waals surface area contributed by atoms with E-state index >= 15 is 0 Å². The van der Waals surface area contributed by atoms with Gasteiger partial charge in [0.2, 0.25) is 0 Å². The van der Waals surface area contributed by atoms with E-state index in [0.717, 1.165) is 24.3 Å². The Kier molecular flexibility index (Phi) is 6.32. The van der Waals surface area contributed by atoms with Gasteiger partial charge in [0.05, 0.1) is 4.92 Å². The van der Waals surface area contributed by atoms with Gasteiger partial charge < -0.3 is 0 Å². The highest BCUT2D eigenvalue weighted by atomic mass is 79.9. The quantitative estimate of drug-likeness (QED) is 0.257. The molecule has 3 nitrogen and oxygen atoms in total. The predicted octanol–water partition coefficient (Wildman–Crippen LogP) is 7.07. The number of benzene rings is 2. The third-order valence-corrected chi connectivity index (χ3v) is 4.71. The lowest BCUT2D eigenvalue weighted by atomic mass is 9.85. The van der Waals surface area contributed by atoms with Crippen molar-refractivity contribution in [3.8, 4) is 11.1 Å². The Bertz CT molecular complexity index is 894. The zero-order valence-corrected chi connectivity index (χ0v) is 16.2. The first-order chi connectivity index (χ1) is 13.2. The molecule has 0 aromatic heterocycles. The highest BCUT2D eigenvalue weighted by Gasteiger charge is 2.74. The molecule has 0 fully saturated rings. The molecule has 2 aromatic rings. The van der Waals surface area contributed by atoms with Crippen LogP contribution in [0.5, 0.6) is 0 Å². The summed E-state index contributed by atoms with van der Waals surface area (Å²) in [7, 11) is 0. The fourth-order valence-electron chi connectivity index (χ4n) is 2.78. The van der Waals surface area contributed by atoms with Gasteiger partial charge in [0, 0.05) is 33.8 Å². The molecule has 0 heterocycles. The predicted molar refractivity (Wildman–Crippen MR) is 94.0 cm³/mol. The number of hydrogen-bond acceptors (Lipinski definition) is 2. The lowest BCUT2D eigenvalue weighted by molar-refractivity contribution is -0.384. The fraction of sp³-hybridized carbons (Fsp3) is 0.333. The van der Waals surface area contributed by atoms with Crippen molar-refractivity contribution in [2.24, 2.45) is 0 Å². The maximum Gasteiger partial charge on any atom is 0.435 e. The summed E-state index contributed by atoms with van der Waals surface area (Å²) in [6.07, 6.45) is -12.2. The summed E-state index contributed by atoms with van der Waals surface area (Å²) < 4.78 is 94.9. The Labute approximate surface area is 168 Å². The molecular weight excluding hydrogens is 475 g/mol. The van der Waals surface area contributed by atoms with E-state index < -0.39 is 39.8 Å². The molecular formula is C18H12BrF7NO2. The van der Waals surface area contributed by atoms with Crippen molar-refractivity contribution in [2.75, 3.05) is 0 Å². The van der Waals surface area contributed by atoms with Crippen LogP contribution in [0.15, 0.2) is 34.8 Å². The van der Waals surface area contributed by atoms with Crippen molar-refractivity contribution in [1.82, 2.24) is 0 Å². The molecule has 0 saturated heterocycles. The van der Waals surface area contributed by atoms with Crippen molar-refractivity contribution >= 4 is 21.6 Å². The first kappa shape index (κ1) is 23.1. The molecule has 0 aliphatic heterocycles. The van der Waals surface area contributed by atoms with Crippen LogP contribution >= 0.6 is 15.9 Å². The van der Waals surface area contributed by atoms with Crippen LogP contribution in [-0.4, -0.2) is 17.3 Å². The summed E-state index contributed by atoms with van der Waals surface area (Å²) in [4.78, 5) is 9.96. The van der Waals surface area contributed by atoms with Crippen molar-refractivity contribution < 1.29 is 35.7 Å². The highest BCUT2D eigenvalue weighted by Crippen LogP contribution is 2.56. The fourth-order valence-corrected chi connectivity index (χ4v) is 3.48. The van der Waals surface area contributed by atoms with Crippen molar-refractivity contribution in [1.29, 1.82) is 0 Å². The van der Waals surface area contributed by atoms with E-state index in [9.17, 15) is 40.8 Å². The molecule has 157 valence electrons. The Balaban J connectivity index is 2.89. The van der Waals surface area contributed by atoms with Crippen molar-refractivity contribution in [3.63, 3.8) is 0 Å². The molecule has 2 aromatic carbocycles. The van der Waals surface area contributed by atoms with Gasteiger partial charge in [0.15, 0.2) is 0 Å². The minimum absolute atomic E-state index is 0.0458. The van der Waals surface area contributed by atoms with Crippen LogP contribution in [0.25, 0.3) is 11.1 Å². The van der Waals surface area contributed by atoms with E-state index in [2.05, 4.69) is 22.0 Å². The largest absolute Gasteiger partial charge is 0.435 e. The number of alkyl halides is 7. The molecule has 1 radical (unpaired) electrons. The minimum atomic E-state index is -6.30. The minimum Gasteiger partial charge on any atom is -0.258 e. The Hall–Kier alpha value is -2.17. The number of rotatable bonds is 5. The molecule has 0 spiro atoms. The van der Waals surface area contributed by atoms with Crippen LogP contribution in [-0.2, 0) is 12.1 Å². The van der Waals surface area contributed by atoms with Gasteiger partial charge in [-0.15, -0.1) is 0 Å². The van der Waals surface area contributed by atoms with Crippen molar-refractivity contribution in [2.45, 2.75) is 37.8 Å². The van der Waals surface area contributed by atoms with Gasteiger partial charge in [0.25, 0.3) is 5.69 Å². The van der Waals surface area contributed by atoms with E-state index in [1.807, 2.05) is 0 Å². The summed E-state index contributed by atoms with van der Waals surface area (Å²) in [5, 5.41) is 10.8. The molecule has 0 aliphatic rings. The van der Waals surface area contributed by atoms with Crippen LogP contribution in [0.1, 0.15) is 24.5 Å². The van der Waals surface area contributed by atoms with Crippen LogP contribution in [0, 0.1) is 16.2 Å². The zero-order chi connectivity index (χ0) is 22.2. The third kappa shape index (κ3) is 4.24. The van der Waals surface area contributed by atoms with Gasteiger partial charge in [-0.3, -0.25) is 10.1 Å². The molecule has 29 heavy (non-hydrogen) atoms. The summed E-state index contributed by atoms with van der Waals surface area (Å²) in [5.41, 5.74) is -8.80. The maximum atomic E-state index is 14.9. The van der Waals surface area contributed by atoms with Crippen molar-refractivity contribution in [3.05, 3.63) is 62.1 Å². The van der Waals surface area contributed by atoms with E-state index in [1.54, 1.807) is 6.92 Å². The number of non-ortho nitro benzene ring substituents is 1. The highest BCUT2D eigenvalue weighted by molar-refractivity contribution is 9.10.